The summed E-state index contributed by atoms with van der Waals surface area (Å²) in [4.78, 5) is 32.9. The molecule has 1 saturated heterocycles. The first kappa shape index (κ1) is 21.2. The Labute approximate surface area is 192 Å². The normalized spacial score (nSPS) is 16.4. The summed E-state index contributed by atoms with van der Waals surface area (Å²) in [6, 6.07) is 15.3. The summed E-state index contributed by atoms with van der Waals surface area (Å²) in [6.07, 6.45) is 3.50. The zero-order valence-corrected chi connectivity index (χ0v) is 18.7. The first-order valence-corrected chi connectivity index (χ1v) is 11.4. The smallest absolute Gasteiger partial charge is 0.254 e. The third-order valence-electron chi connectivity index (χ3n) is 6.38. The van der Waals surface area contributed by atoms with E-state index in [0.717, 1.165) is 43.1 Å². The first-order valence-electron chi connectivity index (χ1n) is 11.4. The van der Waals surface area contributed by atoms with Crippen LogP contribution >= 0.6 is 0 Å². The fourth-order valence-electron chi connectivity index (χ4n) is 4.28. The number of anilines is 2. The lowest BCUT2D eigenvalue weighted by Gasteiger charge is -2.36. The molecule has 33 heavy (non-hydrogen) atoms. The minimum atomic E-state index is -0.155. The molecule has 1 aromatic heterocycles. The lowest BCUT2D eigenvalue weighted by atomic mass is 9.85. The number of carbonyl (C=O) groups is 2. The van der Waals surface area contributed by atoms with Crippen LogP contribution < -0.4 is 10.2 Å². The van der Waals surface area contributed by atoms with Gasteiger partial charge in [-0.2, -0.15) is 4.98 Å². The van der Waals surface area contributed by atoms with E-state index in [1.165, 1.54) is 13.3 Å². The first-order chi connectivity index (χ1) is 16.1. The molecule has 5 rings (SSSR count). The van der Waals surface area contributed by atoms with Gasteiger partial charge in [0.05, 0.1) is 0 Å². The molecule has 1 saturated carbocycles. The van der Waals surface area contributed by atoms with Crippen LogP contribution in [0.5, 0.6) is 0 Å². The van der Waals surface area contributed by atoms with Crippen LogP contribution in [0.25, 0.3) is 11.4 Å². The molecule has 8 heteroatoms. The average Bonchev–Trinajstić information content (AvgIpc) is 3.27. The molecular weight excluding hydrogens is 418 g/mol. The van der Waals surface area contributed by atoms with Crippen molar-refractivity contribution in [1.29, 1.82) is 0 Å². The fraction of sp³-hybridized carbons (Fsp3) is 0.360. The third-order valence-corrected chi connectivity index (χ3v) is 6.38. The second-order valence-electron chi connectivity index (χ2n) is 8.67. The Bertz CT molecular complexity index is 1140. The molecule has 170 valence electrons. The Kier molecular flexibility index (Phi) is 5.81. The Morgan fingerprint density at radius 3 is 2.45 bits per heavy atom. The van der Waals surface area contributed by atoms with Crippen LogP contribution in [0.3, 0.4) is 0 Å². The van der Waals surface area contributed by atoms with Crippen molar-refractivity contribution in [3.05, 3.63) is 60.0 Å². The molecule has 0 radical (unpaired) electrons. The summed E-state index contributed by atoms with van der Waals surface area (Å²) in [5.41, 5.74) is 3.27. The molecule has 0 atom stereocenters. The van der Waals surface area contributed by atoms with E-state index in [1.807, 2.05) is 17.0 Å². The molecule has 1 aliphatic carbocycles. The van der Waals surface area contributed by atoms with Gasteiger partial charge in [0.1, 0.15) is 0 Å². The molecular formula is C25H27N5O3. The number of nitrogens with zero attached hydrogens (tertiary/aromatic N) is 4. The van der Waals surface area contributed by atoms with E-state index in [1.54, 1.807) is 24.3 Å². The van der Waals surface area contributed by atoms with Crippen LogP contribution in [0.1, 0.15) is 48.4 Å². The van der Waals surface area contributed by atoms with E-state index in [0.29, 0.717) is 36.1 Å². The van der Waals surface area contributed by atoms with Crippen LogP contribution in [0.4, 0.5) is 11.4 Å². The van der Waals surface area contributed by atoms with Gasteiger partial charge in [0, 0.05) is 61.5 Å². The van der Waals surface area contributed by atoms with Gasteiger partial charge in [0.2, 0.25) is 17.6 Å². The highest BCUT2D eigenvalue weighted by molar-refractivity contribution is 5.97. The minimum absolute atomic E-state index is 0.0171. The zero-order chi connectivity index (χ0) is 22.8. The van der Waals surface area contributed by atoms with Gasteiger partial charge in [0.15, 0.2) is 0 Å². The van der Waals surface area contributed by atoms with E-state index in [2.05, 4.69) is 32.5 Å². The van der Waals surface area contributed by atoms with Gasteiger partial charge in [-0.3, -0.25) is 9.59 Å². The molecule has 3 aromatic rings. The van der Waals surface area contributed by atoms with Crippen molar-refractivity contribution in [2.24, 2.45) is 0 Å². The van der Waals surface area contributed by atoms with Crippen molar-refractivity contribution in [2.75, 3.05) is 36.4 Å². The summed E-state index contributed by atoms with van der Waals surface area (Å²) in [6.45, 7) is 4.24. The Balaban J connectivity index is 1.19. The second-order valence-corrected chi connectivity index (χ2v) is 8.67. The molecule has 0 bridgehead atoms. The third kappa shape index (κ3) is 4.60. The zero-order valence-electron chi connectivity index (χ0n) is 18.7. The van der Waals surface area contributed by atoms with Crippen LogP contribution in [0, 0.1) is 0 Å². The minimum Gasteiger partial charge on any atom is -0.368 e. The maximum absolute atomic E-state index is 12.9. The van der Waals surface area contributed by atoms with Gasteiger partial charge in [-0.05, 0) is 55.3 Å². The number of benzene rings is 2. The largest absolute Gasteiger partial charge is 0.368 e. The highest BCUT2D eigenvalue weighted by Gasteiger charge is 2.26. The molecule has 2 aromatic carbocycles. The molecule has 1 N–H and O–H groups in total. The van der Waals surface area contributed by atoms with E-state index in [9.17, 15) is 9.59 Å². The van der Waals surface area contributed by atoms with Gasteiger partial charge >= 0.3 is 0 Å². The summed E-state index contributed by atoms with van der Waals surface area (Å²) in [7, 11) is 0. The van der Waals surface area contributed by atoms with Crippen LogP contribution in [0.15, 0.2) is 53.1 Å². The van der Waals surface area contributed by atoms with Gasteiger partial charge < -0.3 is 19.6 Å². The lowest BCUT2D eigenvalue weighted by Crippen LogP contribution is -2.48. The summed E-state index contributed by atoms with van der Waals surface area (Å²) >= 11 is 0. The number of hydrogen-bond donors (Lipinski definition) is 1. The number of hydrogen-bond acceptors (Lipinski definition) is 6. The van der Waals surface area contributed by atoms with Gasteiger partial charge in [-0.1, -0.05) is 17.6 Å². The predicted octanol–water partition coefficient (Wildman–Crippen LogP) is 3.92. The number of piperazine rings is 1. The summed E-state index contributed by atoms with van der Waals surface area (Å²) < 4.78 is 5.44. The van der Waals surface area contributed by atoms with Crippen molar-refractivity contribution in [3.8, 4) is 11.4 Å². The highest BCUT2D eigenvalue weighted by Crippen LogP contribution is 2.36. The van der Waals surface area contributed by atoms with E-state index in [4.69, 9.17) is 4.52 Å². The standard InChI is InChI=1S/C25H27N5O3/c1-17(31)26-21-7-3-6-20(16-21)25(32)30-14-12-29(13-15-30)22-10-8-18(9-11-22)23-27-24(33-28-23)19-4-2-5-19/h3,6-11,16,19H,2,4-5,12-15H2,1H3,(H,26,31). The SMILES string of the molecule is CC(=O)Nc1cccc(C(=O)N2CCN(c3ccc(-c4noc(C5CCC5)n4)cc3)CC2)c1. The Hall–Kier alpha value is -3.68. The number of aromatic nitrogens is 2. The monoisotopic (exact) mass is 445 g/mol. The van der Waals surface area contributed by atoms with Crippen molar-refractivity contribution >= 4 is 23.2 Å². The molecule has 0 unspecified atom stereocenters. The van der Waals surface area contributed by atoms with Gasteiger partial charge in [-0.25, -0.2) is 0 Å². The highest BCUT2D eigenvalue weighted by atomic mass is 16.5. The van der Waals surface area contributed by atoms with Crippen LogP contribution in [-0.4, -0.2) is 53.0 Å². The topological polar surface area (TPSA) is 91.6 Å². The lowest BCUT2D eigenvalue weighted by molar-refractivity contribution is -0.114. The van der Waals surface area contributed by atoms with Crippen molar-refractivity contribution in [1.82, 2.24) is 15.0 Å². The van der Waals surface area contributed by atoms with E-state index >= 15 is 0 Å². The second kappa shape index (κ2) is 9.05. The summed E-state index contributed by atoms with van der Waals surface area (Å²) in [5.74, 6) is 1.65. The Morgan fingerprint density at radius 1 is 1.03 bits per heavy atom. The molecule has 0 spiro atoms. The number of amides is 2. The average molecular weight is 446 g/mol. The van der Waals surface area contributed by atoms with Crippen LogP contribution in [-0.2, 0) is 4.79 Å². The molecule has 2 amide bonds. The van der Waals surface area contributed by atoms with Crippen molar-refractivity contribution in [3.63, 3.8) is 0 Å². The number of carbonyl (C=O) groups excluding carboxylic acids is 2. The molecule has 2 heterocycles. The van der Waals surface area contributed by atoms with Crippen molar-refractivity contribution < 1.29 is 14.1 Å². The molecule has 2 fully saturated rings. The number of nitrogens with one attached hydrogen (secondary N) is 1. The van der Waals surface area contributed by atoms with E-state index < -0.39 is 0 Å². The summed E-state index contributed by atoms with van der Waals surface area (Å²) in [5, 5.41) is 6.87. The quantitative estimate of drug-likeness (QED) is 0.640. The maximum Gasteiger partial charge on any atom is 0.254 e. The predicted molar refractivity (Wildman–Crippen MR) is 125 cm³/mol. The Morgan fingerprint density at radius 2 is 1.79 bits per heavy atom. The molecule has 2 aliphatic rings. The molecule has 8 nitrogen and oxygen atoms in total. The van der Waals surface area contributed by atoms with E-state index in [-0.39, 0.29) is 11.8 Å². The fourth-order valence-corrected chi connectivity index (χ4v) is 4.28. The number of rotatable bonds is 5. The van der Waals surface area contributed by atoms with Crippen LogP contribution in [0.2, 0.25) is 0 Å². The maximum atomic E-state index is 12.9. The van der Waals surface area contributed by atoms with Gasteiger partial charge in [-0.15, -0.1) is 0 Å². The van der Waals surface area contributed by atoms with Gasteiger partial charge in [0.25, 0.3) is 5.91 Å². The van der Waals surface area contributed by atoms with Crippen molar-refractivity contribution in [2.45, 2.75) is 32.1 Å². The molecule has 1 aliphatic heterocycles.